The summed E-state index contributed by atoms with van der Waals surface area (Å²) in [6.07, 6.45) is 4.93. The van der Waals surface area contributed by atoms with Crippen LogP contribution in [0.4, 0.5) is 0 Å². The van der Waals surface area contributed by atoms with Gasteiger partial charge in [0.25, 0.3) is 0 Å². The third kappa shape index (κ3) is 3.21. The van der Waals surface area contributed by atoms with Crippen LogP contribution in [0, 0.1) is 5.41 Å². The Bertz CT molecular complexity index is 218. The molecule has 1 heterocycles. The zero-order valence-corrected chi connectivity index (χ0v) is 12.1. The maximum absolute atomic E-state index is 6.01. The summed E-state index contributed by atoms with van der Waals surface area (Å²) >= 11 is 0. The molecule has 1 fully saturated rings. The molecule has 3 nitrogen and oxygen atoms in total. The van der Waals surface area contributed by atoms with Gasteiger partial charge in [-0.25, -0.2) is 0 Å². The van der Waals surface area contributed by atoms with Crippen molar-refractivity contribution >= 4 is 0 Å². The van der Waals surface area contributed by atoms with Crippen molar-refractivity contribution in [2.75, 3.05) is 33.4 Å². The highest BCUT2D eigenvalue weighted by Gasteiger charge is 2.38. The quantitative estimate of drug-likeness (QED) is 0.776. The number of likely N-dealkylation sites (tertiary alicyclic amines) is 1. The predicted octanol–water partition coefficient (Wildman–Crippen LogP) is 2.25. The molecular weight excluding hydrogens is 212 g/mol. The van der Waals surface area contributed by atoms with Crippen LogP contribution in [0.3, 0.4) is 0 Å². The van der Waals surface area contributed by atoms with Crippen LogP contribution in [0.1, 0.15) is 46.5 Å². The minimum atomic E-state index is 0.0593. The van der Waals surface area contributed by atoms with Crippen molar-refractivity contribution in [2.45, 2.75) is 52.0 Å². The molecule has 0 radical (unpaired) electrons. The second-order valence-corrected chi connectivity index (χ2v) is 5.87. The van der Waals surface area contributed by atoms with Crippen molar-refractivity contribution in [3.8, 4) is 0 Å². The molecule has 1 unspecified atom stereocenters. The Labute approximate surface area is 107 Å². The van der Waals surface area contributed by atoms with E-state index in [4.69, 9.17) is 10.5 Å². The van der Waals surface area contributed by atoms with Crippen LogP contribution in [0.15, 0.2) is 0 Å². The Balaban J connectivity index is 2.66. The van der Waals surface area contributed by atoms with Crippen LogP contribution >= 0.6 is 0 Å². The topological polar surface area (TPSA) is 38.5 Å². The van der Waals surface area contributed by atoms with E-state index in [1.807, 2.05) is 0 Å². The third-order valence-electron chi connectivity index (χ3n) is 4.95. The summed E-state index contributed by atoms with van der Waals surface area (Å²) in [6, 6.07) is 0. The van der Waals surface area contributed by atoms with Gasteiger partial charge in [-0.1, -0.05) is 27.2 Å². The third-order valence-corrected chi connectivity index (χ3v) is 4.95. The van der Waals surface area contributed by atoms with Gasteiger partial charge < -0.3 is 10.5 Å². The zero-order chi connectivity index (χ0) is 12.9. The zero-order valence-electron chi connectivity index (χ0n) is 12.1. The number of nitrogens with two attached hydrogens (primary N) is 1. The summed E-state index contributed by atoms with van der Waals surface area (Å²) in [4.78, 5) is 2.56. The Hall–Kier alpha value is -0.120. The van der Waals surface area contributed by atoms with Crippen molar-refractivity contribution in [3.63, 3.8) is 0 Å². The van der Waals surface area contributed by atoms with Gasteiger partial charge >= 0.3 is 0 Å². The standard InChI is InChI=1S/C14H30N2O/c1-5-13(3)7-9-16(10-8-13)14(6-2,11-15)12-17-4/h5-12,15H2,1-4H3. The van der Waals surface area contributed by atoms with Crippen molar-refractivity contribution in [1.29, 1.82) is 0 Å². The summed E-state index contributed by atoms with van der Waals surface area (Å²) in [5, 5.41) is 0. The Morgan fingerprint density at radius 2 is 1.88 bits per heavy atom. The van der Waals surface area contributed by atoms with Crippen molar-refractivity contribution in [2.24, 2.45) is 11.1 Å². The smallest absolute Gasteiger partial charge is 0.0658 e. The number of hydrogen-bond donors (Lipinski definition) is 1. The van der Waals surface area contributed by atoms with Crippen LogP contribution in [0.25, 0.3) is 0 Å². The lowest BCUT2D eigenvalue weighted by atomic mass is 9.76. The molecule has 0 amide bonds. The van der Waals surface area contributed by atoms with E-state index in [-0.39, 0.29) is 5.54 Å². The van der Waals surface area contributed by atoms with E-state index in [1.165, 1.54) is 32.4 Å². The van der Waals surface area contributed by atoms with Crippen LogP contribution in [-0.4, -0.2) is 43.8 Å². The molecule has 17 heavy (non-hydrogen) atoms. The molecule has 0 aromatic rings. The second-order valence-electron chi connectivity index (χ2n) is 5.87. The summed E-state index contributed by atoms with van der Waals surface area (Å²) in [5.74, 6) is 0. The van der Waals surface area contributed by atoms with Crippen LogP contribution in [0.2, 0.25) is 0 Å². The SMILES string of the molecule is CCC1(C)CCN(C(CC)(CN)COC)CC1. The molecule has 0 bridgehead atoms. The highest BCUT2D eigenvalue weighted by Crippen LogP contribution is 2.36. The molecule has 0 aromatic heterocycles. The Kier molecular flexibility index (Phi) is 5.42. The molecule has 102 valence electrons. The number of hydrogen-bond acceptors (Lipinski definition) is 3. The van der Waals surface area contributed by atoms with Crippen molar-refractivity contribution in [1.82, 2.24) is 4.90 Å². The molecule has 3 heteroatoms. The summed E-state index contributed by atoms with van der Waals surface area (Å²) in [5.41, 5.74) is 6.61. The molecule has 1 aliphatic heterocycles. The van der Waals surface area contributed by atoms with Crippen LogP contribution < -0.4 is 5.73 Å². The molecule has 0 aliphatic carbocycles. The van der Waals surface area contributed by atoms with Crippen molar-refractivity contribution < 1.29 is 4.74 Å². The van der Waals surface area contributed by atoms with E-state index >= 15 is 0 Å². The number of methoxy groups -OCH3 is 1. The Morgan fingerprint density at radius 3 is 2.24 bits per heavy atom. The molecule has 2 N–H and O–H groups in total. The van der Waals surface area contributed by atoms with E-state index in [0.29, 0.717) is 12.0 Å². The fraction of sp³-hybridized carbons (Fsp3) is 1.00. The van der Waals surface area contributed by atoms with Gasteiger partial charge in [-0.15, -0.1) is 0 Å². The van der Waals surface area contributed by atoms with Crippen molar-refractivity contribution in [3.05, 3.63) is 0 Å². The molecule has 1 atom stereocenters. The van der Waals surface area contributed by atoms with Gasteiger partial charge in [0.2, 0.25) is 0 Å². The molecular formula is C14H30N2O. The average molecular weight is 242 g/mol. The lowest BCUT2D eigenvalue weighted by Gasteiger charge is -2.48. The maximum Gasteiger partial charge on any atom is 0.0658 e. The summed E-state index contributed by atoms with van der Waals surface area (Å²) < 4.78 is 5.40. The van der Waals surface area contributed by atoms with Crippen LogP contribution in [0.5, 0.6) is 0 Å². The van der Waals surface area contributed by atoms with Gasteiger partial charge in [0, 0.05) is 13.7 Å². The van der Waals surface area contributed by atoms with Gasteiger partial charge in [0.15, 0.2) is 0 Å². The van der Waals surface area contributed by atoms with Gasteiger partial charge in [-0.3, -0.25) is 4.90 Å². The van der Waals surface area contributed by atoms with E-state index < -0.39 is 0 Å². The van der Waals surface area contributed by atoms with E-state index in [2.05, 4.69) is 25.7 Å². The highest BCUT2D eigenvalue weighted by molar-refractivity contribution is 4.94. The van der Waals surface area contributed by atoms with E-state index in [1.54, 1.807) is 7.11 Å². The molecule has 0 spiro atoms. The summed E-state index contributed by atoms with van der Waals surface area (Å²) in [7, 11) is 1.78. The fourth-order valence-electron chi connectivity index (χ4n) is 2.89. The lowest BCUT2D eigenvalue weighted by Crippen LogP contribution is -2.59. The molecule has 0 saturated carbocycles. The van der Waals surface area contributed by atoms with Crippen LogP contribution in [-0.2, 0) is 4.74 Å². The minimum absolute atomic E-state index is 0.0593. The average Bonchev–Trinajstić information content (AvgIpc) is 2.37. The lowest BCUT2D eigenvalue weighted by molar-refractivity contribution is -0.0228. The fourth-order valence-corrected chi connectivity index (χ4v) is 2.89. The van der Waals surface area contributed by atoms with E-state index in [9.17, 15) is 0 Å². The molecule has 1 saturated heterocycles. The minimum Gasteiger partial charge on any atom is -0.383 e. The first kappa shape index (κ1) is 14.9. The summed E-state index contributed by atoms with van der Waals surface area (Å²) in [6.45, 7) is 10.7. The largest absolute Gasteiger partial charge is 0.383 e. The second kappa shape index (κ2) is 6.17. The molecule has 1 rings (SSSR count). The predicted molar refractivity (Wildman–Crippen MR) is 73.2 cm³/mol. The number of piperidine rings is 1. The first-order valence-corrected chi connectivity index (χ1v) is 7.00. The molecule has 1 aliphatic rings. The van der Waals surface area contributed by atoms with Gasteiger partial charge in [-0.05, 0) is 37.8 Å². The number of rotatable bonds is 6. The maximum atomic E-state index is 6.01. The number of ether oxygens (including phenoxy) is 1. The first-order valence-electron chi connectivity index (χ1n) is 7.00. The normalized spacial score (nSPS) is 24.5. The van der Waals surface area contributed by atoms with Gasteiger partial charge in [-0.2, -0.15) is 0 Å². The van der Waals surface area contributed by atoms with Gasteiger partial charge in [0.1, 0.15) is 0 Å². The molecule has 0 aromatic carbocycles. The first-order chi connectivity index (χ1) is 8.05. The monoisotopic (exact) mass is 242 g/mol. The van der Waals surface area contributed by atoms with E-state index in [0.717, 1.165) is 13.0 Å². The Morgan fingerprint density at radius 1 is 1.29 bits per heavy atom. The number of nitrogens with zero attached hydrogens (tertiary/aromatic N) is 1. The highest BCUT2D eigenvalue weighted by atomic mass is 16.5. The van der Waals surface area contributed by atoms with Gasteiger partial charge in [0.05, 0.1) is 12.1 Å².